The van der Waals surface area contributed by atoms with Crippen molar-refractivity contribution >= 4 is 29.7 Å². The molecular formula is C14H18N2O4S. The molecule has 6 nitrogen and oxygen atoms in total. The number of urea groups is 1. The summed E-state index contributed by atoms with van der Waals surface area (Å²) in [6.45, 7) is 1.55. The molecule has 0 aliphatic rings. The van der Waals surface area contributed by atoms with E-state index < -0.39 is 24.5 Å². The smallest absolute Gasteiger partial charge is 0.321 e. The summed E-state index contributed by atoms with van der Waals surface area (Å²) < 4.78 is 4.75. The van der Waals surface area contributed by atoms with Gasteiger partial charge in [-0.1, -0.05) is 29.8 Å². The van der Waals surface area contributed by atoms with E-state index in [1.807, 2.05) is 36.5 Å². The van der Waals surface area contributed by atoms with Gasteiger partial charge in [0.2, 0.25) is 0 Å². The Morgan fingerprint density at radius 2 is 1.86 bits per heavy atom. The van der Waals surface area contributed by atoms with Crippen molar-refractivity contribution < 1.29 is 19.1 Å². The van der Waals surface area contributed by atoms with Crippen LogP contribution in [0.15, 0.2) is 24.3 Å². The third-order valence-electron chi connectivity index (χ3n) is 2.45. The molecule has 0 aromatic heterocycles. The number of rotatable bonds is 6. The molecule has 7 heteroatoms. The van der Waals surface area contributed by atoms with Gasteiger partial charge in [-0.25, -0.2) is 4.79 Å². The van der Waals surface area contributed by atoms with Gasteiger partial charge in [0, 0.05) is 12.8 Å². The molecule has 0 bridgehead atoms. The highest BCUT2D eigenvalue weighted by Crippen LogP contribution is 2.13. The fourth-order valence-electron chi connectivity index (χ4n) is 1.35. The van der Waals surface area contributed by atoms with E-state index >= 15 is 0 Å². The summed E-state index contributed by atoms with van der Waals surface area (Å²) in [6, 6.07) is 7.40. The van der Waals surface area contributed by atoms with Gasteiger partial charge >= 0.3 is 12.0 Å². The molecule has 2 N–H and O–H groups in total. The highest BCUT2D eigenvalue weighted by Gasteiger charge is 2.09. The first-order valence-corrected chi connectivity index (χ1v) is 7.47. The Kier molecular flexibility index (Phi) is 7.31. The fourth-order valence-corrected chi connectivity index (χ4v) is 2.13. The van der Waals surface area contributed by atoms with Crippen LogP contribution < -0.4 is 10.6 Å². The highest BCUT2D eigenvalue weighted by molar-refractivity contribution is 7.99. The molecule has 21 heavy (non-hydrogen) atoms. The zero-order valence-electron chi connectivity index (χ0n) is 12.0. The molecule has 0 unspecified atom stereocenters. The van der Waals surface area contributed by atoms with E-state index in [0.29, 0.717) is 5.75 Å². The van der Waals surface area contributed by atoms with Crippen LogP contribution in [-0.2, 0) is 20.1 Å². The van der Waals surface area contributed by atoms with E-state index in [0.717, 1.165) is 5.56 Å². The van der Waals surface area contributed by atoms with Crippen molar-refractivity contribution in [3.8, 4) is 0 Å². The molecular weight excluding hydrogens is 292 g/mol. The predicted molar refractivity (Wildman–Crippen MR) is 80.9 cm³/mol. The van der Waals surface area contributed by atoms with Crippen molar-refractivity contribution in [1.29, 1.82) is 0 Å². The molecule has 0 fully saturated rings. The Morgan fingerprint density at radius 1 is 1.19 bits per heavy atom. The lowest BCUT2D eigenvalue weighted by atomic mass is 10.2. The fraction of sp³-hybridized carbons (Fsp3) is 0.357. The van der Waals surface area contributed by atoms with E-state index in [1.54, 1.807) is 0 Å². The van der Waals surface area contributed by atoms with E-state index in [4.69, 9.17) is 4.74 Å². The van der Waals surface area contributed by atoms with E-state index in [2.05, 4.69) is 5.32 Å². The van der Waals surface area contributed by atoms with Crippen molar-refractivity contribution in [3.05, 3.63) is 35.4 Å². The van der Waals surface area contributed by atoms with Gasteiger partial charge in [0.15, 0.2) is 6.61 Å². The van der Waals surface area contributed by atoms with Crippen molar-refractivity contribution in [2.75, 3.05) is 19.4 Å². The number of imide groups is 1. The topological polar surface area (TPSA) is 84.5 Å². The number of ether oxygens (including phenoxy) is 1. The van der Waals surface area contributed by atoms with Crippen LogP contribution in [0.5, 0.6) is 0 Å². The maximum Gasteiger partial charge on any atom is 0.321 e. The second kappa shape index (κ2) is 9.02. The van der Waals surface area contributed by atoms with Crippen LogP contribution in [0.4, 0.5) is 4.79 Å². The maximum atomic E-state index is 11.4. The Balaban J connectivity index is 2.18. The van der Waals surface area contributed by atoms with Crippen molar-refractivity contribution in [1.82, 2.24) is 10.6 Å². The number of carbonyl (C=O) groups is 3. The van der Waals surface area contributed by atoms with Crippen LogP contribution in [0.2, 0.25) is 0 Å². The van der Waals surface area contributed by atoms with Gasteiger partial charge in [-0.2, -0.15) is 0 Å². The molecule has 0 aliphatic heterocycles. The Morgan fingerprint density at radius 3 is 2.48 bits per heavy atom. The van der Waals surface area contributed by atoms with Gasteiger partial charge in [0.05, 0.1) is 5.75 Å². The number of hydrogen-bond acceptors (Lipinski definition) is 5. The minimum Gasteiger partial charge on any atom is -0.455 e. The Bertz CT molecular complexity index is 502. The second-order valence-electron chi connectivity index (χ2n) is 4.27. The first-order chi connectivity index (χ1) is 10.0. The van der Waals surface area contributed by atoms with Crippen molar-refractivity contribution in [3.63, 3.8) is 0 Å². The average molecular weight is 310 g/mol. The van der Waals surface area contributed by atoms with Gasteiger partial charge in [-0.05, 0) is 12.5 Å². The second-order valence-corrected chi connectivity index (χ2v) is 5.25. The first-order valence-electron chi connectivity index (χ1n) is 6.31. The number of hydrogen-bond donors (Lipinski definition) is 2. The molecule has 114 valence electrons. The van der Waals surface area contributed by atoms with E-state index in [-0.39, 0.29) is 5.75 Å². The lowest BCUT2D eigenvalue weighted by molar-refractivity contribution is -0.145. The zero-order valence-corrected chi connectivity index (χ0v) is 12.8. The summed E-state index contributed by atoms with van der Waals surface area (Å²) in [7, 11) is 1.39. The number of benzene rings is 1. The number of esters is 1. The SMILES string of the molecule is CNC(=O)NC(=O)COC(=O)CSCc1ccc(C)cc1. The van der Waals surface area contributed by atoms with Crippen LogP contribution in [0.3, 0.4) is 0 Å². The normalized spacial score (nSPS) is 9.81. The number of thioether (sulfide) groups is 1. The summed E-state index contributed by atoms with van der Waals surface area (Å²) in [5, 5.41) is 4.22. The van der Waals surface area contributed by atoms with Gasteiger partial charge < -0.3 is 10.1 Å². The molecule has 0 heterocycles. The van der Waals surface area contributed by atoms with Crippen LogP contribution in [0.25, 0.3) is 0 Å². The third kappa shape index (κ3) is 7.36. The molecule has 0 spiro atoms. The predicted octanol–water partition coefficient (Wildman–Crippen LogP) is 1.23. The van der Waals surface area contributed by atoms with Crippen LogP contribution >= 0.6 is 11.8 Å². The molecule has 1 rings (SSSR count). The van der Waals surface area contributed by atoms with E-state index in [1.165, 1.54) is 24.4 Å². The molecule has 0 aliphatic carbocycles. The standard InChI is InChI=1S/C14H18N2O4S/c1-10-3-5-11(6-4-10)8-21-9-13(18)20-7-12(17)16-14(19)15-2/h3-6H,7-9H2,1-2H3,(H2,15,16,17,19). The summed E-state index contributed by atoms with van der Waals surface area (Å²) in [5.74, 6) is -0.300. The maximum absolute atomic E-state index is 11.4. The summed E-state index contributed by atoms with van der Waals surface area (Å²) in [4.78, 5) is 33.4. The molecule has 3 amide bonds. The van der Waals surface area contributed by atoms with Crippen LogP contribution in [-0.4, -0.2) is 37.3 Å². The summed E-state index contributed by atoms with van der Waals surface area (Å²) in [6.07, 6.45) is 0. The average Bonchev–Trinajstić information content (AvgIpc) is 2.47. The number of amides is 3. The highest BCUT2D eigenvalue weighted by atomic mass is 32.2. The lowest BCUT2D eigenvalue weighted by Crippen LogP contribution is -2.39. The van der Waals surface area contributed by atoms with Gasteiger partial charge in [-0.3, -0.25) is 14.9 Å². The Hall–Kier alpha value is -2.02. The van der Waals surface area contributed by atoms with Crippen molar-refractivity contribution in [2.45, 2.75) is 12.7 Å². The molecule has 0 saturated heterocycles. The molecule has 1 aromatic carbocycles. The molecule has 0 radical (unpaired) electrons. The monoisotopic (exact) mass is 310 g/mol. The van der Waals surface area contributed by atoms with Crippen molar-refractivity contribution in [2.24, 2.45) is 0 Å². The third-order valence-corrected chi connectivity index (χ3v) is 3.43. The molecule has 1 aromatic rings. The minimum absolute atomic E-state index is 0.154. The zero-order chi connectivity index (χ0) is 15.7. The summed E-state index contributed by atoms with van der Waals surface area (Å²) in [5.41, 5.74) is 2.31. The number of aryl methyl sites for hydroxylation is 1. The first kappa shape index (κ1) is 17.0. The molecule has 0 saturated carbocycles. The Labute approximate surface area is 127 Å². The van der Waals surface area contributed by atoms with E-state index in [9.17, 15) is 14.4 Å². The summed E-state index contributed by atoms with van der Waals surface area (Å²) >= 11 is 1.40. The molecule has 0 atom stereocenters. The van der Waals surface area contributed by atoms with Gasteiger partial charge in [0.1, 0.15) is 0 Å². The van der Waals surface area contributed by atoms with Gasteiger partial charge in [0.25, 0.3) is 5.91 Å². The number of carbonyl (C=O) groups excluding carboxylic acids is 3. The minimum atomic E-state index is -0.661. The van der Waals surface area contributed by atoms with Gasteiger partial charge in [-0.15, -0.1) is 11.8 Å². The quantitative estimate of drug-likeness (QED) is 0.772. The van der Waals surface area contributed by atoms with Crippen LogP contribution in [0, 0.1) is 6.92 Å². The largest absolute Gasteiger partial charge is 0.455 e. The lowest BCUT2D eigenvalue weighted by Gasteiger charge is -2.05. The number of nitrogens with one attached hydrogen (secondary N) is 2. The van der Waals surface area contributed by atoms with Crippen LogP contribution in [0.1, 0.15) is 11.1 Å².